The van der Waals surface area contributed by atoms with E-state index in [-0.39, 0.29) is 19.1 Å². The van der Waals surface area contributed by atoms with Gasteiger partial charge in [-0.1, -0.05) is 6.92 Å². The second-order valence-corrected chi connectivity index (χ2v) is 9.07. The Morgan fingerprint density at radius 2 is 1.93 bits per heavy atom. The molecule has 1 aliphatic heterocycles. The van der Waals surface area contributed by atoms with E-state index >= 15 is 0 Å². The van der Waals surface area contributed by atoms with Gasteiger partial charge in [-0.3, -0.25) is 14.5 Å². The van der Waals surface area contributed by atoms with Gasteiger partial charge in [-0.05, 0) is 57.9 Å². The molecule has 0 bridgehead atoms. The zero-order chi connectivity index (χ0) is 21.3. The Hall–Kier alpha value is -2.42. The SMILES string of the molecule is CCOC(=O)c1c(NC(=O)CN2C(=O)NC3(CCC(C)CC3)C2=O)sc(C)c1C. The number of imide groups is 1. The van der Waals surface area contributed by atoms with E-state index in [0.29, 0.717) is 29.3 Å². The third kappa shape index (κ3) is 4.01. The molecule has 4 amide bonds. The molecule has 1 saturated heterocycles. The third-order valence-corrected chi connectivity index (χ3v) is 6.92. The number of carbonyl (C=O) groups excluding carboxylic acids is 4. The van der Waals surface area contributed by atoms with E-state index in [2.05, 4.69) is 17.6 Å². The second kappa shape index (κ2) is 8.14. The molecule has 0 atom stereocenters. The monoisotopic (exact) mass is 421 g/mol. The zero-order valence-corrected chi connectivity index (χ0v) is 18.0. The molecule has 2 heterocycles. The number of ether oxygens (including phenoxy) is 1. The molecular weight excluding hydrogens is 394 g/mol. The van der Waals surface area contributed by atoms with E-state index in [9.17, 15) is 19.2 Å². The van der Waals surface area contributed by atoms with Crippen molar-refractivity contribution in [3.8, 4) is 0 Å². The average Bonchev–Trinajstić information content (AvgIpc) is 3.06. The van der Waals surface area contributed by atoms with Gasteiger partial charge in [-0.15, -0.1) is 11.3 Å². The minimum atomic E-state index is -0.879. The molecule has 1 aliphatic carbocycles. The van der Waals surface area contributed by atoms with Crippen LogP contribution in [0.1, 0.15) is 60.3 Å². The summed E-state index contributed by atoms with van der Waals surface area (Å²) in [6.07, 6.45) is 2.91. The van der Waals surface area contributed by atoms with Crippen LogP contribution >= 0.6 is 11.3 Å². The van der Waals surface area contributed by atoms with Gasteiger partial charge in [0.05, 0.1) is 12.2 Å². The average molecular weight is 422 g/mol. The lowest BCUT2D eigenvalue weighted by Crippen LogP contribution is -2.49. The van der Waals surface area contributed by atoms with E-state index in [1.54, 1.807) is 13.8 Å². The van der Waals surface area contributed by atoms with Crippen molar-refractivity contribution in [1.82, 2.24) is 10.2 Å². The predicted molar refractivity (Wildman–Crippen MR) is 109 cm³/mol. The van der Waals surface area contributed by atoms with E-state index in [1.807, 2.05) is 6.92 Å². The molecule has 0 aromatic carbocycles. The molecule has 2 aliphatic rings. The number of nitrogens with zero attached hydrogens (tertiary/aromatic N) is 1. The number of rotatable bonds is 5. The first-order valence-corrected chi connectivity index (χ1v) is 10.7. The van der Waals surface area contributed by atoms with Crippen LogP contribution in [0.2, 0.25) is 0 Å². The maximum Gasteiger partial charge on any atom is 0.341 e. The van der Waals surface area contributed by atoms with Crippen LogP contribution in [0, 0.1) is 19.8 Å². The van der Waals surface area contributed by atoms with Gasteiger partial charge >= 0.3 is 12.0 Å². The Labute approximate surface area is 174 Å². The van der Waals surface area contributed by atoms with Gasteiger partial charge in [0.1, 0.15) is 17.1 Å². The molecule has 2 fully saturated rings. The number of thiophene rings is 1. The largest absolute Gasteiger partial charge is 0.462 e. The highest BCUT2D eigenvalue weighted by molar-refractivity contribution is 7.16. The molecule has 0 unspecified atom stereocenters. The number of aryl methyl sites for hydroxylation is 1. The first-order valence-electron chi connectivity index (χ1n) is 9.89. The van der Waals surface area contributed by atoms with Crippen LogP contribution in [0.5, 0.6) is 0 Å². The van der Waals surface area contributed by atoms with Crippen molar-refractivity contribution >= 4 is 40.2 Å². The van der Waals surface area contributed by atoms with Crippen molar-refractivity contribution < 1.29 is 23.9 Å². The van der Waals surface area contributed by atoms with E-state index < -0.39 is 23.4 Å². The maximum absolute atomic E-state index is 12.9. The second-order valence-electron chi connectivity index (χ2n) is 7.84. The Bertz CT molecular complexity index is 855. The Kier molecular flexibility index (Phi) is 5.97. The van der Waals surface area contributed by atoms with Crippen molar-refractivity contribution in [3.63, 3.8) is 0 Å². The molecule has 29 heavy (non-hydrogen) atoms. The quantitative estimate of drug-likeness (QED) is 0.562. The number of amides is 4. The first kappa shape index (κ1) is 21.3. The Morgan fingerprint density at radius 3 is 2.55 bits per heavy atom. The summed E-state index contributed by atoms with van der Waals surface area (Å²) in [7, 11) is 0. The van der Waals surface area contributed by atoms with E-state index in [0.717, 1.165) is 28.2 Å². The summed E-state index contributed by atoms with van der Waals surface area (Å²) in [5.74, 6) is -0.848. The molecule has 1 saturated carbocycles. The van der Waals surface area contributed by atoms with Crippen LogP contribution in [0.3, 0.4) is 0 Å². The van der Waals surface area contributed by atoms with Gasteiger partial charge in [0, 0.05) is 4.88 Å². The zero-order valence-electron chi connectivity index (χ0n) is 17.2. The van der Waals surface area contributed by atoms with Crippen LogP contribution < -0.4 is 10.6 Å². The van der Waals surface area contributed by atoms with Crippen LogP contribution in [0.4, 0.5) is 9.80 Å². The van der Waals surface area contributed by atoms with E-state index in [1.165, 1.54) is 11.3 Å². The van der Waals surface area contributed by atoms with Crippen LogP contribution in [0.25, 0.3) is 0 Å². The minimum absolute atomic E-state index is 0.226. The van der Waals surface area contributed by atoms with Crippen LogP contribution in [-0.2, 0) is 14.3 Å². The van der Waals surface area contributed by atoms with Crippen molar-refractivity contribution in [2.24, 2.45) is 5.92 Å². The summed E-state index contributed by atoms with van der Waals surface area (Å²) < 4.78 is 5.08. The highest BCUT2D eigenvalue weighted by atomic mass is 32.1. The lowest BCUT2D eigenvalue weighted by atomic mass is 9.77. The molecule has 1 aromatic heterocycles. The molecule has 8 nitrogen and oxygen atoms in total. The fourth-order valence-corrected chi connectivity index (χ4v) is 4.95. The number of esters is 1. The molecule has 1 spiro atoms. The van der Waals surface area contributed by atoms with Crippen LogP contribution in [0.15, 0.2) is 0 Å². The summed E-state index contributed by atoms with van der Waals surface area (Å²) in [5, 5.41) is 5.86. The lowest BCUT2D eigenvalue weighted by Gasteiger charge is -2.33. The maximum atomic E-state index is 12.9. The number of hydrogen-bond acceptors (Lipinski definition) is 6. The van der Waals surface area contributed by atoms with Gasteiger partial charge in [0.15, 0.2) is 0 Å². The summed E-state index contributed by atoms with van der Waals surface area (Å²) in [6, 6.07) is -0.538. The molecule has 9 heteroatoms. The van der Waals surface area contributed by atoms with Crippen molar-refractivity contribution in [3.05, 3.63) is 16.0 Å². The number of hydrogen-bond donors (Lipinski definition) is 2. The van der Waals surface area contributed by atoms with Gasteiger partial charge in [-0.2, -0.15) is 0 Å². The summed E-state index contributed by atoms with van der Waals surface area (Å²) in [5.41, 5.74) is 0.183. The van der Waals surface area contributed by atoms with Crippen molar-refractivity contribution in [2.75, 3.05) is 18.5 Å². The summed E-state index contributed by atoms with van der Waals surface area (Å²) in [6.45, 7) is 7.32. The third-order valence-electron chi connectivity index (χ3n) is 5.79. The molecule has 2 N–H and O–H groups in total. The van der Waals surface area contributed by atoms with Crippen molar-refractivity contribution in [1.29, 1.82) is 0 Å². The van der Waals surface area contributed by atoms with Crippen LogP contribution in [-0.4, -0.2) is 47.4 Å². The highest BCUT2D eigenvalue weighted by Gasteiger charge is 2.52. The molecular formula is C20H27N3O5S. The smallest absolute Gasteiger partial charge is 0.341 e. The molecule has 1 aromatic rings. The number of nitrogens with one attached hydrogen (secondary N) is 2. The Balaban J connectivity index is 1.72. The predicted octanol–water partition coefficient (Wildman–Crippen LogP) is 2.98. The van der Waals surface area contributed by atoms with Gasteiger partial charge < -0.3 is 15.4 Å². The summed E-state index contributed by atoms with van der Waals surface area (Å²) in [4.78, 5) is 52.0. The minimum Gasteiger partial charge on any atom is -0.462 e. The molecule has 0 radical (unpaired) electrons. The summed E-state index contributed by atoms with van der Waals surface area (Å²) >= 11 is 1.27. The highest BCUT2D eigenvalue weighted by Crippen LogP contribution is 2.36. The standard InChI is InChI=1S/C20H27N3O5S/c1-5-28-17(25)15-12(3)13(4)29-16(15)21-14(24)10-23-18(26)20(22-19(23)27)8-6-11(2)7-9-20/h11H,5-10H2,1-4H3,(H,21,24)(H,22,27). The fraction of sp³-hybridized carbons (Fsp3) is 0.600. The topological polar surface area (TPSA) is 105 Å². The normalized spacial score (nSPS) is 24.0. The molecule has 3 rings (SSSR count). The fourth-order valence-electron chi connectivity index (χ4n) is 3.89. The van der Waals surface area contributed by atoms with Gasteiger partial charge in [-0.25, -0.2) is 9.59 Å². The number of carbonyl (C=O) groups is 4. The number of anilines is 1. The number of urea groups is 1. The molecule has 158 valence electrons. The van der Waals surface area contributed by atoms with Crippen molar-refractivity contribution in [2.45, 2.75) is 58.9 Å². The Morgan fingerprint density at radius 1 is 1.28 bits per heavy atom. The lowest BCUT2D eigenvalue weighted by molar-refractivity contribution is -0.135. The van der Waals surface area contributed by atoms with Gasteiger partial charge in [0.25, 0.3) is 5.91 Å². The van der Waals surface area contributed by atoms with E-state index in [4.69, 9.17) is 4.74 Å². The first-order chi connectivity index (χ1) is 13.7. The van der Waals surface area contributed by atoms with Gasteiger partial charge in [0.2, 0.25) is 5.91 Å².